The SMILES string of the molecule is CCCCC(NS(=O)(=O)c1cnn(C2CCOC2)c1)C(=O)O. The highest BCUT2D eigenvalue weighted by Gasteiger charge is 2.27. The van der Waals surface area contributed by atoms with E-state index in [0.717, 1.165) is 12.8 Å². The van der Waals surface area contributed by atoms with Gasteiger partial charge in [0.2, 0.25) is 10.0 Å². The number of carbonyl (C=O) groups is 1. The van der Waals surface area contributed by atoms with Crippen LogP contribution in [-0.2, 0) is 19.6 Å². The third-order valence-electron chi connectivity index (χ3n) is 3.61. The lowest BCUT2D eigenvalue weighted by Gasteiger charge is -2.13. The van der Waals surface area contributed by atoms with Crippen LogP contribution in [0.1, 0.15) is 38.6 Å². The highest BCUT2D eigenvalue weighted by molar-refractivity contribution is 7.89. The fourth-order valence-electron chi connectivity index (χ4n) is 2.29. The highest BCUT2D eigenvalue weighted by atomic mass is 32.2. The summed E-state index contributed by atoms with van der Waals surface area (Å²) in [6.45, 7) is 3.05. The number of rotatable bonds is 8. The molecule has 1 saturated heterocycles. The smallest absolute Gasteiger partial charge is 0.321 e. The molecule has 8 nitrogen and oxygen atoms in total. The van der Waals surface area contributed by atoms with Crippen molar-refractivity contribution < 1.29 is 23.1 Å². The van der Waals surface area contributed by atoms with E-state index in [9.17, 15) is 13.2 Å². The van der Waals surface area contributed by atoms with Gasteiger partial charge >= 0.3 is 5.97 Å². The summed E-state index contributed by atoms with van der Waals surface area (Å²) in [6.07, 6.45) is 5.13. The van der Waals surface area contributed by atoms with Crippen molar-refractivity contribution in [1.82, 2.24) is 14.5 Å². The maximum atomic E-state index is 12.3. The van der Waals surface area contributed by atoms with E-state index >= 15 is 0 Å². The molecule has 1 aromatic heterocycles. The van der Waals surface area contributed by atoms with Gasteiger partial charge in [-0.1, -0.05) is 19.8 Å². The van der Waals surface area contributed by atoms with Crippen molar-refractivity contribution in [1.29, 1.82) is 0 Å². The van der Waals surface area contributed by atoms with Gasteiger partial charge in [-0.2, -0.15) is 9.82 Å². The Balaban J connectivity index is 2.10. The number of nitrogens with zero attached hydrogens (tertiary/aromatic N) is 2. The second-order valence-corrected chi connectivity index (χ2v) is 7.04. The molecular weight excluding hydrogens is 310 g/mol. The Morgan fingerprint density at radius 1 is 1.64 bits per heavy atom. The zero-order valence-electron chi connectivity index (χ0n) is 12.4. The van der Waals surface area contributed by atoms with Crippen LogP contribution in [0.25, 0.3) is 0 Å². The van der Waals surface area contributed by atoms with Gasteiger partial charge in [0.15, 0.2) is 0 Å². The fraction of sp³-hybridized carbons (Fsp3) is 0.692. The van der Waals surface area contributed by atoms with Crippen molar-refractivity contribution in [2.24, 2.45) is 0 Å². The van der Waals surface area contributed by atoms with Gasteiger partial charge in [0.1, 0.15) is 10.9 Å². The second-order valence-electron chi connectivity index (χ2n) is 5.33. The lowest BCUT2D eigenvalue weighted by Crippen LogP contribution is -2.40. The molecule has 124 valence electrons. The Kier molecular flexibility index (Phi) is 5.54. The van der Waals surface area contributed by atoms with Crippen molar-refractivity contribution in [2.45, 2.75) is 49.6 Å². The summed E-state index contributed by atoms with van der Waals surface area (Å²) < 4.78 is 33.6. The first-order valence-corrected chi connectivity index (χ1v) is 8.79. The first kappa shape index (κ1) is 16.9. The molecule has 0 spiro atoms. The number of sulfonamides is 1. The Morgan fingerprint density at radius 2 is 2.41 bits per heavy atom. The van der Waals surface area contributed by atoms with Gasteiger partial charge in [-0.3, -0.25) is 9.48 Å². The van der Waals surface area contributed by atoms with E-state index in [1.54, 1.807) is 4.68 Å². The van der Waals surface area contributed by atoms with Crippen LogP contribution >= 0.6 is 0 Å². The third-order valence-corrected chi connectivity index (χ3v) is 5.04. The molecule has 1 aliphatic heterocycles. The normalized spacial score (nSPS) is 20.1. The average Bonchev–Trinajstić information content (AvgIpc) is 3.12. The molecule has 1 aromatic rings. The number of aliphatic carboxylic acids is 1. The number of hydrogen-bond acceptors (Lipinski definition) is 5. The summed E-state index contributed by atoms with van der Waals surface area (Å²) in [5.74, 6) is -1.17. The zero-order chi connectivity index (χ0) is 16.2. The van der Waals surface area contributed by atoms with Crippen LogP contribution in [0.5, 0.6) is 0 Å². The zero-order valence-corrected chi connectivity index (χ0v) is 13.3. The summed E-state index contributed by atoms with van der Waals surface area (Å²) in [5.41, 5.74) is 0. The van der Waals surface area contributed by atoms with Crippen LogP contribution in [0.4, 0.5) is 0 Å². The predicted octanol–water partition coefficient (Wildman–Crippen LogP) is 0.766. The summed E-state index contributed by atoms with van der Waals surface area (Å²) >= 11 is 0. The standard InChI is InChI=1S/C13H21N3O5S/c1-2-3-4-12(13(17)18)15-22(19,20)11-7-14-16(8-11)10-5-6-21-9-10/h7-8,10,12,15H,2-6,9H2,1H3,(H,17,18). The first-order valence-electron chi connectivity index (χ1n) is 7.31. The predicted molar refractivity (Wildman–Crippen MR) is 78.0 cm³/mol. The van der Waals surface area contributed by atoms with E-state index in [0.29, 0.717) is 19.6 Å². The van der Waals surface area contributed by atoms with Gasteiger partial charge in [-0.05, 0) is 12.8 Å². The van der Waals surface area contributed by atoms with Crippen LogP contribution in [0.2, 0.25) is 0 Å². The van der Waals surface area contributed by atoms with Gasteiger partial charge in [0.25, 0.3) is 0 Å². The molecule has 22 heavy (non-hydrogen) atoms. The summed E-state index contributed by atoms with van der Waals surface area (Å²) in [7, 11) is -3.90. The molecule has 2 rings (SSSR count). The van der Waals surface area contributed by atoms with E-state index < -0.39 is 22.0 Å². The number of carboxylic acids is 1. The maximum Gasteiger partial charge on any atom is 0.321 e. The van der Waals surface area contributed by atoms with Gasteiger partial charge in [-0.25, -0.2) is 8.42 Å². The molecule has 2 atom stereocenters. The Bertz CT molecular complexity index is 607. The molecular formula is C13H21N3O5S. The number of aromatic nitrogens is 2. The Labute approximate surface area is 129 Å². The van der Waals surface area contributed by atoms with E-state index in [2.05, 4.69) is 9.82 Å². The van der Waals surface area contributed by atoms with Crippen molar-refractivity contribution >= 4 is 16.0 Å². The highest BCUT2D eigenvalue weighted by Crippen LogP contribution is 2.20. The summed E-state index contributed by atoms with van der Waals surface area (Å²) in [5, 5.41) is 13.2. The number of unbranched alkanes of at least 4 members (excludes halogenated alkanes) is 1. The molecule has 2 N–H and O–H groups in total. The van der Waals surface area contributed by atoms with Crippen LogP contribution in [0.15, 0.2) is 17.3 Å². The molecule has 1 fully saturated rings. The fourth-order valence-corrected chi connectivity index (χ4v) is 3.45. The minimum absolute atomic E-state index is 0.0258. The molecule has 0 amide bonds. The van der Waals surface area contributed by atoms with E-state index in [4.69, 9.17) is 9.84 Å². The van der Waals surface area contributed by atoms with Gasteiger partial charge in [0.05, 0.1) is 18.8 Å². The summed E-state index contributed by atoms with van der Waals surface area (Å²) in [4.78, 5) is 11.1. The lowest BCUT2D eigenvalue weighted by molar-refractivity contribution is -0.139. The molecule has 0 radical (unpaired) electrons. The third kappa shape index (κ3) is 4.05. The molecule has 2 unspecified atom stereocenters. The van der Waals surface area contributed by atoms with E-state index in [-0.39, 0.29) is 17.4 Å². The van der Waals surface area contributed by atoms with E-state index in [1.807, 2.05) is 6.92 Å². The van der Waals surface area contributed by atoms with Crippen LogP contribution in [0, 0.1) is 0 Å². The Morgan fingerprint density at radius 3 is 3.00 bits per heavy atom. The van der Waals surface area contributed by atoms with Crippen molar-refractivity contribution in [2.75, 3.05) is 13.2 Å². The van der Waals surface area contributed by atoms with Gasteiger partial charge < -0.3 is 9.84 Å². The van der Waals surface area contributed by atoms with Crippen LogP contribution in [-0.4, -0.2) is 48.5 Å². The number of ether oxygens (including phenoxy) is 1. The molecule has 9 heteroatoms. The second kappa shape index (κ2) is 7.21. The quantitative estimate of drug-likeness (QED) is 0.728. The molecule has 0 aliphatic carbocycles. The van der Waals surface area contributed by atoms with Crippen molar-refractivity contribution in [3.8, 4) is 0 Å². The van der Waals surface area contributed by atoms with Crippen molar-refractivity contribution in [3.05, 3.63) is 12.4 Å². The Hall–Kier alpha value is -1.45. The average molecular weight is 331 g/mol. The molecule has 0 bridgehead atoms. The van der Waals surface area contributed by atoms with Gasteiger partial charge in [0, 0.05) is 12.8 Å². The molecule has 0 saturated carbocycles. The number of carboxylic acid groups (broad SMARTS) is 1. The molecule has 2 heterocycles. The maximum absolute atomic E-state index is 12.3. The van der Waals surface area contributed by atoms with E-state index in [1.165, 1.54) is 12.4 Å². The van der Waals surface area contributed by atoms with Crippen molar-refractivity contribution in [3.63, 3.8) is 0 Å². The lowest BCUT2D eigenvalue weighted by atomic mass is 10.1. The van der Waals surface area contributed by atoms with Gasteiger partial charge in [-0.15, -0.1) is 0 Å². The van der Waals surface area contributed by atoms with Crippen LogP contribution in [0.3, 0.4) is 0 Å². The number of hydrogen-bond donors (Lipinski definition) is 2. The topological polar surface area (TPSA) is 111 Å². The number of nitrogens with one attached hydrogen (secondary N) is 1. The largest absolute Gasteiger partial charge is 0.480 e. The minimum atomic E-state index is -3.90. The minimum Gasteiger partial charge on any atom is -0.480 e. The monoisotopic (exact) mass is 331 g/mol. The molecule has 1 aliphatic rings. The molecule has 0 aromatic carbocycles. The summed E-state index contributed by atoms with van der Waals surface area (Å²) in [6, 6.07) is -1.09. The first-order chi connectivity index (χ1) is 10.4. The van der Waals surface area contributed by atoms with Crippen LogP contribution < -0.4 is 4.72 Å².